The van der Waals surface area contributed by atoms with Crippen LogP contribution in [-0.4, -0.2) is 33.7 Å². The third kappa shape index (κ3) is 4.23. The lowest BCUT2D eigenvalue weighted by atomic mass is 9.65. The van der Waals surface area contributed by atoms with Crippen molar-refractivity contribution in [3.63, 3.8) is 0 Å². The second-order valence-electron chi connectivity index (χ2n) is 11.7. The first kappa shape index (κ1) is 24.5. The number of nitrogens with one attached hydrogen (secondary N) is 1. The lowest BCUT2D eigenvalue weighted by Gasteiger charge is -2.39. The molecule has 0 radical (unpaired) electrons. The SMILES string of the molecule is CC1(C)C[C@@H]2C[C@@](C)(CN2S(=O)(=O)c2cccc(NS(=O)(=O)c3ccc4oc5ccccc5c4c3)c2)C1. The molecule has 194 valence electrons. The fourth-order valence-electron chi connectivity index (χ4n) is 6.63. The zero-order valence-electron chi connectivity index (χ0n) is 21.1. The molecule has 1 aromatic heterocycles. The van der Waals surface area contributed by atoms with Crippen molar-refractivity contribution in [2.75, 3.05) is 11.3 Å². The fourth-order valence-corrected chi connectivity index (χ4v) is 9.53. The van der Waals surface area contributed by atoms with Gasteiger partial charge in [0, 0.05) is 23.4 Å². The molecule has 2 atom stereocenters. The first-order chi connectivity index (χ1) is 17.4. The Bertz CT molecular complexity index is 1760. The van der Waals surface area contributed by atoms with Crippen LogP contribution in [0.5, 0.6) is 0 Å². The first-order valence-corrected chi connectivity index (χ1v) is 15.3. The highest BCUT2D eigenvalue weighted by Crippen LogP contribution is 2.53. The minimum Gasteiger partial charge on any atom is -0.456 e. The first-order valence-electron chi connectivity index (χ1n) is 12.4. The molecular formula is C28H30N2O5S2. The number of hydrogen-bond acceptors (Lipinski definition) is 5. The molecule has 1 saturated carbocycles. The Kier molecular flexibility index (Phi) is 5.33. The monoisotopic (exact) mass is 538 g/mol. The summed E-state index contributed by atoms with van der Waals surface area (Å²) in [6.45, 7) is 7.05. The Morgan fingerprint density at radius 2 is 1.59 bits per heavy atom. The van der Waals surface area contributed by atoms with Crippen LogP contribution in [0.25, 0.3) is 21.9 Å². The van der Waals surface area contributed by atoms with E-state index in [2.05, 4.69) is 25.5 Å². The van der Waals surface area contributed by atoms with Crippen molar-refractivity contribution in [3.05, 3.63) is 66.7 Å². The number of para-hydroxylation sites is 1. The summed E-state index contributed by atoms with van der Waals surface area (Å²) < 4.78 is 64.0. The van der Waals surface area contributed by atoms with Gasteiger partial charge in [-0.2, -0.15) is 4.31 Å². The summed E-state index contributed by atoms with van der Waals surface area (Å²) in [6.07, 6.45) is 2.66. The van der Waals surface area contributed by atoms with E-state index in [-0.39, 0.29) is 32.4 Å². The molecule has 37 heavy (non-hydrogen) atoms. The standard InChI is InChI=1S/C28H30N2O5S2/c1-27(2)15-20-16-28(3,17-27)18-30(20)37(33,34)22-8-6-7-19(13-22)29-36(31,32)21-11-12-26-24(14-21)23-9-4-5-10-25(23)35-26/h4-14,20,29H,15-18H2,1-3H3/t20-,28-/m1/s1. The molecule has 1 aliphatic heterocycles. The van der Waals surface area contributed by atoms with Crippen molar-refractivity contribution in [1.82, 2.24) is 4.31 Å². The average Bonchev–Trinajstić information content (AvgIpc) is 3.31. The number of rotatable bonds is 5. The van der Waals surface area contributed by atoms with E-state index < -0.39 is 20.0 Å². The van der Waals surface area contributed by atoms with E-state index in [1.54, 1.807) is 28.6 Å². The van der Waals surface area contributed by atoms with E-state index >= 15 is 0 Å². The van der Waals surface area contributed by atoms with Crippen molar-refractivity contribution in [2.45, 2.75) is 55.9 Å². The molecule has 7 nitrogen and oxygen atoms in total. The summed E-state index contributed by atoms with van der Waals surface area (Å²) >= 11 is 0. The van der Waals surface area contributed by atoms with Crippen LogP contribution in [0.4, 0.5) is 5.69 Å². The molecule has 2 heterocycles. The molecule has 0 unspecified atom stereocenters. The van der Waals surface area contributed by atoms with Crippen LogP contribution < -0.4 is 4.72 Å². The quantitative estimate of drug-likeness (QED) is 0.337. The summed E-state index contributed by atoms with van der Waals surface area (Å²) in [6, 6.07) is 18.2. The molecule has 2 aliphatic rings. The van der Waals surface area contributed by atoms with E-state index in [1.807, 2.05) is 24.3 Å². The van der Waals surface area contributed by atoms with Gasteiger partial charge in [-0.05, 0) is 72.6 Å². The van der Waals surface area contributed by atoms with Crippen LogP contribution in [0.1, 0.15) is 40.0 Å². The second-order valence-corrected chi connectivity index (χ2v) is 15.2. The predicted octanol–water partition coefficient (Wildman–Crippen LogP) is 5.98. The molecule has 2 bridgehead atoms. The third-order valence-electron chi connectivity index (χ3n) is 7.72. The molecule has 6 rings (SSSR count). The molecule has 1 N–H and O–H groups in total. The lowest BCUT2D eigenvalue weighted by molar-refractivity contribution is 0.133. The van der Waals surface area contributed by atoms with Crippen molar-refractivity contribution >= 4 is 47.7 Å². The maximum Gasteiger partial charge on any atom is 0.261 e. The Morgan fingerprint density at radius 3 is 2.41 bits per heavy atom. The fraction of sp³-hybridized carbons (Fsp3) is 0.357. The minimum absolute atomic E-state index is 0.0457. The van der Waals surface area contributed by atoms with Crippen molar-refractivity contribution < 1.29 is 21.3 Å². The third-order valence-corrected chi connectivity index (χ3v) is 11.0. The van der Waals surface area contributed by atoms with Crippen LogP contribution >= 0.6 is 0 Å². The number of hydrogen-bond donors (Lipinski definition) is 1. The number of nitrogens with zero attached hydrogens (tertiary/aromatic N) is 1. The minimum atomic E-state index is -3.97. The summed E-state index contributed by atoms with van der Waals surface area (Å²) in [5, 5.41) is 1.53. The zero-order valence-corrected chi connectivity index (χ0v) is 22.7. The maximum absolute atomic E-state index is 13.7. The summed E-state index contributed by atoms with van der Waals surface area (Å²) in [5.41, 5.74) is 1.52. The van der Waals surface area contributed by atoms with Gasteiger partial charge >= 0.3 is 0 Å². The van der Waals surface area contributed by atoms with Gasteiger partial charge in [-0.1, -0.05) is 45.0 Å². The van der Waals surface area contributed by atoms with Crippen LogP contribution in [0.15, 0.2) is 80.9 Å². The van der Waals surface area contributed by atoms with E-state index in [1.165, 1.54) is 18.2 Å². The Labute approximate surface area is 217 Å². The summed E-state index contributed by atoms with van der Waals surface area (Å²) in [7, 11) is -7.76. The Morgan fingerprint density at radius 1 is 0.838 bits per heavy atom. The normalized spacial score (nSPS) is 24.0. The van der Waals surface area contributed by atoms with Gasteiger partial charge in [0.2, 0.25) is 10.0 Å². The van der Waals surface area contributed by atoms with Gasteiger partial charge < -0.3 is 4.42 Å². The van der Waals surface area contributed by atoms with Gasteiger partial charge in [-0.25, -0.2) is 16.8 Å². The molecule has 0 amide bonds. The number of sulfonamides is 2. The van der Waals surface area contributed by atoms with Gasteiger partial charge in [0.05, 0.1) is 15.5 Å². The molecule has 3 aromatic carbocycles. The number of fused-ring (bicyclic) bond motifs is 5. The summed E-state index contributed by atoms with van der Waals surface area (Å²) in [5.74, 6) is 0. The topological polar surface area (TPSA) is 96.7 Å². The number of anilines is 1. The van der Waals surface area contributed by atoms with E-state index in [9.17, 15) is 16.8 Å². The van der Waals surface area contributed by atoms with Crippen LogP contribution in [0.2, 0.25) is 0 Å². The molecule has 0 spiro atoms. The predicted molar refractivity (Wildman–Crippen MR) is 144 cm³/mol. The van der Waals surface area contributed by atoms with Crippen LogP contribution in [-0.2, 0) is 20.0 Å². The van der Waals surface area contributed by atoms with Crippen molar-refractivity contribution in [3.8, 4) is 0 Å². The molecule has 1 saturated heterocycles. The van der Waals surface area contributed by atoms with Crippen molar-refractivity contribution in [2.24, 2.45) is 10.8 Å². The van der Waals surface area contributed by atoms with E-state index in [4.69, 9.17) is 4.42 Å². The number of furan rings is 1. The lowest BCUT2D eigenvalue weighted by Crippen LogP contribution is -2.37. The molecule has 1 aliphatic carbocycles. The average molecular weight is 539 g/mol. The molecular weight excluding hydrogens is 508 g/mol. The highest BCUT2D eigenvalue weighted by Gasteiger charge is 2.53. The van der Waals surface area contributed by atoms with E-state index in [0.717, 1.165) is 24.6 Å². The van der Waals surface area contributed by atoms with Gasteiger partial charge in [-0.3, -0.25) is 4.72 Å². The Hall–Kier alpha value is -2.88. The highest BCUT2D eigenvalue weighted by atomic mass is 32.2. The maximum atomic E-state index is 13.7. The van der Waals surface area contributed by atoms with Crippen molar-refractivity contribution in [1.29, 1.82) is 0 Å². The largest absolute Gasteiger partial charge is 0.456 e. The number of benzene rings is 3. The van der Waals surface area contributed by atoms with E-state index in [0.29, 0.717) is 23.1 Å². The molecule has 9 heteroatoms. The Balaban J connectivity index is 1.30. The van der Waals surface area contributed by atoms with Crippen LogP contribution in [0, 0.1) is 10.8 Å². The molecule has 2 fully saturated rings. The van der Waals surface area contributed by atoms with Gasteiger partial charge in [0.1, 0.15) is 11.2 Å². The highest BCUT2D eigenvalue weighted by molar-refractivity contribution is 7.92. The second kappa shape index (κ2) is 8.06. The molecule has 4 aromatic rings. The summed E-state index contributed by atoms with van der Waals surface area (Å²) in [4.78, 5) is 0.168. The zero-order chi connectivity index (χ0) is 26.2. The van der Waals surface area contributed by atoms with Crippen LogP contribution in [0.3, 0.4) is 0 Å². The van der Waals surface area contributed by atoms with Gasteiger partial charge in [0.15, 0.2) is 0 Å². The van der Waals surface area contributed by atoms with Gasteiger partial charge in [0.25, 0.3) is 10.0 Å². The smallest absolute Gasteiger partial charge is 0.261 e. The van der Waals surface area contributed by atoms with Gasteiger partial charge in [-0.15, -0.1) is 0 Å².